The van der Waals surface area contributed by atoms with Crippen LogP contribution in [0.15, 0.2) is 30.3 Å². The van der Waals surface area contributed by atoms with E-state index in [1.54, 1.807) is 6.07 Å². The zero-order valence-electron chi connectivity index (χ0n) is 11.9. The molecule has 1 aromatic carbocycles. The fraction of sp³-hybridized carbons (Fsp3) is 0.294. The molecular weight excluding hydrogens is 283 g/mol. The Balaban J connectivity index is 1.85. The van der Waals surface area contributed by atoms with E-state index in [1.165, 1.54) is 27.1 Å². The number of rotatable bonds is 2. The number of hydrogen-bond acceptors (Lipinski definition) is 2. The normalized spacial score (nSPS) is 18.1. The van der Waals surface area contributed by atoms with Crippen molar-refractivity contribution < 1.29 is 4.39 Å². The minimum absolute atomic E-state index is 0.163. The molecule has 4 rings (SSSR count). The Bertz CT molecular complexity index is 802. The first-order valence-corrected chi connectivity index (χ1v) is 8.20. The fourth-order valence-electron chi connectivity index (χ4n) is 3.18. The predicted octanol–water partition coefficient (Wildman–Crippen LogP) is 4.17. The van der Waals surface area contributed by atoms with E-state index in [1.807, 2.05) is 17.4 Å². The van der Waals surface area contributed by atoms with Crippen LogP contribution in [-0.4, -0.2) is 11.5 Å². The van der Waals surface area contributed by atoms with Gasteiger partial charge in [-0.25, -0.2) is 4.39 Å². The molecule has 108 valence electrons. The van der Waals surface area contributed by atoms with E-state index >= 15 is 0 Å². The zero-order chi connectivity index (χ0) is 14.4. The molecule has 0 saturated heterocycles. The second-order valence-electron chi connectivity index (χ2n) is 5.50. The molecule has 21 heavy (non-hydrogen) atoms. The molecule has 0 spiro atoms. The number of halogens is 1. The zero-order valence-corrected chi connectivity index (χ0v) is 12.7. The van der Waals surface area contributed by atoms with Crippen LogP contribution >= 0.6 is 11.3 Å². The molecule has 1 aliphatic rings. The summed E-state index contributed by atoms with van der Waals surface area (Å²) < 4.78 is 13.5. The summed E-state index contributed by atoms with van der Waals surface area (Å²) in [6, 6.07) is 9.63. The summed E-state index contributed by atoms with van der Waals surface area (Å²) in [6.07, 6.45) is 2.02. The van der Waals surface area contributed by atoms with Crippen molar-refractivity contribution in [2.75, 3.05) is 6.54 Å². The van der Waals surface area contributed by atoms with E-state index < -0.39 is 0 Å². The number of aromatic nitrogens is 1. The number of fused-ring (bicyclic) bond motifs is 3. The molecule has 1 aliphatic heterocycles. The quantitative estimate of drug-likeness (QED) is 0.730. The molecule has 2 nitrogen and oxygen atoms in total. The largest absolute Gasteiger partial charge is 0.357 e. The van der Waals surface area contributed by atoms with Crippen LogP contribution in [0.4, 0.5) is 4.39 Å². The summed E-state index contributed by atoms with van der Waals surface area (Å²) >= 11 is 1.86. The Morgan fingerprint density at radius 1 is 1.29 bits per heavy atom. The lowest BCUT2D eigenvalue weighted by Crippen LogP contribution is -2.29. The van der Waals surface area contributed by atoms with Gasteiger partial charge in [-0.3, -0.25) is 0 Å². The highest BCUT2D eigenvalue weighted by molar-refractivity contribution is 7.12. The lowest BCUT2D eigenvalue weighted by molar-refractivity contribution is 0.567. The van der Waals surface area contributed by atoms with Gasteiger partial charge in [-0.05, 0) is 48.7 Å². The van der Waals surface area contributed by atoms with Crippen LogP contribution in [-0.2, 0) is 12.8 Å². The summed E-state index contributed by atoms with van der Waals surface area (Å²) in [5.41, 5.74) is 3.49. The SMILES string of the molecule is CCc1ccc(C2NCCc3c2[nH]c2ccc(F)cc32)s1. The molecule has 1 unspecified atom stereocenters. The van der Waals surface area contributed by atoms with Crippen LogP contribution in [0.2, 0.25) is 0 Å². The number of hydrogen-bond donors (Lipinski definition) is 2. The lowest BCUT2D eigenvalue weighted by atomic mass is 9.98. The molecule has 0 amide bonds. The van der Waals surface area contributed by atoms with Gasteiger partial charge in [0.25, 0.3) is 0 Å². The maximum absolute atomic E-state index is 13.5. The van der Waals surface area contributed by atoms with Crippen molar-refractivity contribution in [2.24, 2.45) is 0 Å². The first-order valence-electron chi connectivity index (χ1n) is 7.38. The molecule has 3 heterocycles. The third-order valence-electron chi connectivity index (χ3n) is 4.23. The summed E-state index contributed by atoms with van der Waals surface area (Å²) in [7, 11) is 0. The van der Waals surface area contributed by atoms with Crippen LogP contribution in [0.3, 0.4) is 0 Å². The van der Waals surface area contributed by atoms with Crippen LogP contribution in [0.1, 0.15) is 34.0 Å². The van der Waals surface area contributed by atoms with E-state index in [0.29, 0.717) is 0 Å². The highest BCUT2D eigenvalue weighted by atomic mass is 32.1. The van der Waals surface area contributed by atoms with Crippen molar-refractivity contribution in [2.45, 2.75) is 25.8 Å². The van der Waals surface area contributed by atoms with Crippen molar-refractivity contribution in [1.29, 1.82) is 0 Å². The Morgan fingerprint density at radius 3 is 3.00 bits per heavy atom. The Labute approximate surface area is 127 Å². The van der Waals surface area contributed by atoms with E-state index in [-0.39, 0.29) is 11.9 Å². The van der Waals surface area contributed by atoms with Crippen LogP contribution < -0.4 is 5.32 Å². The molecule has 0 bridgehead atoms. The minimum Gasteiger partial charge on any atom is -0.357 e. The topological polar surface area (TPSA) is 27.8 Å². The number of H-pyrrole nitrogens is 1. The summed E-state index contributed by atoms with van der Waals surface area (Å²) in [5.74, 6) is -0.163. The van der Waals surface area contributed by atoms with Crippen molar-refractivity contribution in [3.63, 3.8) is 0 Å². The molecule has 0 radical (unpaired) electrons. The molecule has 4 heteroatoms. The van der Waals surface area contributed by atoms with Gasteiger partial charge in [0, 0.05) is 32.9 Å². The van der Waals surface area contributed by atoms with Gasteiger partial charge in [-0.15, -0.1) is 11.3 Å². The average molecular weight is 300 g/mol. The van der Waals surface area contributed by atoms with Crippen LogP contribution in [0, 0.1) is 5.82 Å². The standard InChI is InChI=1S/C17H17FN2S/c1-2-11-4-6-15(21-11)17-16-12(7-8-19-17)13-9-10(18)3-5-14(13)20-16/h3-6,9,17,19-20H,2,7-8H2,1H3. The second-order valence-corrected chi connectivity index (χ2v) is 6.70. The average Bonchev–Trinajstić information content (AvgIpc) is 3.11. The van der Waals surface area contributed by atoms with E-state index in [9.17, 15) is 4.39 Å². The molecule has 1 atom stereocenters. The Kier molecular flexibility index (Phi) is 3.08. The number of aryl methyl sites for hydroxylation is 1. The molecule has 0 fully saturated rings. The number of thiophene rings is 1. The summed E-state index contributed by atoms with van der Waals surface area (Å²) in [5, 5.41) is 4.62. The van der Waals surface area contributed by atoms with Gasteiger partial charge in [0.05, 0.1) is 6.04 Å². The molecule has 0 aliphatic carbocycles. The summed E-state index contributed by atoms with van der Waals surface area (Å²) in [4.78, 5) is 6.23. The maximum atomic E-state index is 13.5. The third-order valence-corrected chi connectivity index (χ3v) is 5.52. The highest BCUT2D eigenvalue weighted by Gasteiger charge is 2.26. The van der Waals surface area contributed by atoms with Gasteiger partial charge in [-0.1, -0.05) is 6.92 Å². The van der Waals surface area contributed by atoms with Crippen molar-refractivity contribution in [1.82, 2.24) is 10.3 Å². The fourth-order valence-corrected chi connectivity index (χ4v) is 4.22. The monoisotopic (exact) mass is 300 g/mol. The van der Waals surface area contributed by atoms with E-state index in [0.717, 1.165) is 30.3 Å². The van der Waals surface area contributed by atoms with Crippen molar-refractivity contribution >= 4 is 22.2 Å². The predicted molar refractivity (Wildman–Crippen MR) is 85.5 cm³/mol. The lowest BCUT2D eigenvalue weighted by Gasteiger charge is -2.23. The maximum Gasteiger partial charge on any atom is 0.123 e. The van der Waals surface area contributed by atoms with Gasteiger partial charge in [0.1, 0.15) is 5.82 Å². The number of aromatic amines is 1. The highest BCUT2D eigenvalue weighted by Crippen LogP contribution is 2.36. The molecular formula is C17H17FN2S. The van der Waals surface area contributed by atoms with Gasteiger partial charge in [0.15, 0.2) is 0 Å². The van der Waals surface area contributed by atoms with Gasteiger partial charge in [-0.2, -0.15) is 0 Å². The Hall–Kier alpha value is -1.65. The van der Waals surface area contributed by atoms with Gasteiger partial charge in [0.2, 0.25) is 0 Å². The van der Waals surface area contributed by atoms with Crippen molar-refractivity contribution in [3.8, 4) is 0 Å². The number of benzene rings is 1. The Morgan fingerprint density at radius 2 is 2.19 bits per heavy atom. The van der Waals surface area contributed by atoms with E-state index in [4.69, 9.17) is 0 Å². The first kappa shape index (κ1) is 13.0. The van der Waals surface area contributed by atoms with E-state index in [2.05, 4.69) is 29.4 Å². The second kappa shape index (κ2) is 4.97. The van der Waals surface area contributed by atoms with Crippen molar-refractivity contribution in [3.05, 3.63) is 57.2 Å². The first-order chi connectivity index (χ1) is 10.3. The van der Waals surface area contributed by atoms with Gasteiger partial charge < -0.3 is 10.3 Å². The molecule has 0 saturated carbocycles. The smallest absolute Gasteiger partial charge is 0.123 e. The number of nitrogens with one attached hydrogen (secondary N) is 2. The molecule has 3 aromatic rings. The summed E-state index contributed by atoms with van der Waals surface area (Å²) in [6.45, 7) is 3.11. The third kappa shape index (κ3) is 2.10. The van der Waals surface area contributed by atoms with Gasteiger partial charge >= 0.3 is 0 Å². The van der Waals surface area contributed by atoms with Crippen LogP contribution in [0.25, 0.3) is 10.9 Å². The van der Waals surface area contributed by atoms with Crippen LogP contribution in [0.5, 0.6) is 0 Å². The molecule has 2 N–H and O–H groups in total. The molecule has 2 aromatic heterocycles. The minimum atomic E-state index is -0.163.